The maximum absolute atomic E-state index is 12.9. The molecule has 1 saturated carbocycles. The molecule has 1 aliphatic carbocycles. The molecule has 0 atom stereocenters. The number of ketones is 2. The first-order valence-corrected chi connectivity index (χ1v) is 9.66. The number of ether oxygens (including phenoxy) is 1. The predicted octanol–water partition coefficient (Wildman–Crippen LogP) is 4.12. The van der Waals surface area contributed by atoms with Crippen LogP contribution in [0.1, 0.15) is 67.2 Å². The molecule has 3 nitrogen and oxygen atoms in total. The Morgan fingerprint density at radius 3 is 2.12 bits per heavy atom. The van der Waals surface area contributed by atoms with Gasteiger partial charge < -0.3 is 4.74 Å². The molecule has 2 aliphatic rings. The van der Waals surface area contributed by atoms with E-state index in [2.05, 4.69) is 11.8 Å². The molecule has 26 heavy (non-hydrogen) atoms. The van der Waals surface area contributed by atoms with Crippen molar-refractivity contribution >= 4 is 11.6 Å². The predicted molar refractivity (Wildman–Crippen MR) is 102 cm³/mol. The van der Waals surface area contributed by atoms with Crippen molar-refractivity contribution < 1.29 is 14.3 Å². The topological polar surface area (TPSA) is 43.4 Å². The van der Waals surface area contributed by atoms with Gasteiger partial charge in [0, 0.05) is 31.6 Å². The Bertz CT molecular complexity index is 718. The van der Waals surface area contributed by atoms with Gasteiger partial charge in [0.05, 0.1) is 0 Å². The van der Waals surface area contributed by atoms with Gasteiger partial charge in [-0.1, -0.05) is 5.92 Å². The first-order valence-electron chi connectivity index (χ1n) is 9.66. The second-order valence-corrected chi connectivity index (χ2v) is 7.83. The molecule has 1 heterocycles. The summed E-state index contributed by atoms with van der Waals surface area (Å²) in [6, 6.07) is 3.99. The molecule has 1 aromatic rings. The highest BCUT2D eigenvalue weighted by molar-refractivity contribution is 6.10. The molecule has 1 aliphatic heterocycles. The van der Waals surface area contributed by atoms with Crippen LogP contribution >= 0.6 is 0 Å². The van der Waals surface area contributed by atoms with E-state index >= 15 is 0 Å². The summed E-state index contributed by atoms with van der Waals surface area (Å²) in [4.78, 5) is 25.8. The standard InChI is InChI=1S/C23H28O3/c1-4-5-18-10-15(2)22(16(3)11-18)23-20(24)13-19(14-21(23)25)12-17-6-8-26-9-7-17/h10-11,17,19,23H,6-9,12-14H2,1-3H3. The molecule has 0 bridgehead atoms. The Morgan fingerprint density at radius 2 is 1.58 bits per heavy atom. The molecule has 138 valence electrons. The molecule has 2 fully saturated rings. The zero-order chi connectivity index (χ0) is 18.7. The molecule has 0 unspecified atom stereocenters. The van der Waals surface area contributed by atoms with Gasteiger partial charge in [-0.15, -0.1) is 5.92 Å². The van der Waals surface area contributed by atoms with Gasteiger partial charge in [-0.25, -0.2) is 0 Å². The quantitative estimate of drug-likeness (QED) is 0.607. The lowest BCUT2D eigenvalue weighted by atomic mass is 9.71. The third-order valence-corrected chi connectivity index (χ3v) is 5.78. The lowest BCUT2D eigenvalue weighted by molar-refractivity contribution is -0.134. The summed E-state index contributed by atoms with van der Waals surface area (Å²) in [6.45, 7) is 7.40. The normalized spacial score (nSPS) is 24.3. The average Bonchev–Trinajstić information content (AvgIpc) is 2.58. The fourth-order valence-electron chi connectivity index (χ4n) is 4.65. The van der Waals surface area contributed by atoms with Crippen molar-refractivity contribution in [3.63, 3.8) is 0 Å². The number of Topliss-reactive ketones (excluding diaryl/α,β-unsaturated/α-hetero) is 2. The zero-order valence-electron chi connectivity index (χ0n) is 16.1. The lowest BCUT2D eigenvalue weighted by Crippen LogP contribution is -2.34. The summed E-state index contributed by atoms with van der Waals surface area (Å²) in [7, 11) is 0. The van der Waals surface area contributed by atoms with Gasteiger partial charge in [-0.2, -0.15) is 0 Å². The largest absolute Gasteiger partial charge is 0.381 e. The molecule has 3 rings (SSSR count). The lowest BCUT2D eigenvalue weighted by Gasteiger charge is -2.31. The van der Waals surface area contributed by atoms with Gasteiger partial charge in [0.1, 0.15) is 17.5 Å². The van der Waals surface area contributed by atoms with Crippen molar-refractivity contribution in [3.05, 3.63) is 34.4 Å². The van der Waals surface area contributed by atoms with Gasteiger partial charge in [-0.3, -0.25) is 9.59 Å². The number of benzene rings is 1. The molecular formula is C23H28O3. The van der Waals surface area contributed by atoms with E-state index in [1.165, 1.54) is 0 Å². The monoisotopic (exact) mass is 352 g/mol. The highest BCUT2D eigenvalue weighted by Crippen LogP contribution is 2.37. The van der Waals surface area contributed by atoms with Crippen molar-refractivity contribution in [2.75, 3.05) is 13.2 Å². The Labute approximate surface area is 156 Å². The molecule has 1 aromatic carbocycles. The van der Waals surface area contributed by atoms with Crippen LogP contribution in [-0.2, 0) is 14.3 Å². The van der Waals surface area contributed by atoms with Crippen LogP contribution in [0.15, 0.2) is 12.1 Å². The summed E-state index contributed by atoms with van der Waals surface area (Å²) in [5.41, 5.74) is 3.85. The number of hydrogen-bond donors (Lipinski definition) is 0. The van der Waals surface area contributed by atoms with E-state index in [0.717, 1.165) is 54.7 Å². The second-order valence-electron chi connectivity index (χ2n) is 7.83. The molecule has 1 saturated heterocycles. The fourth-order valence-corrected chi connectivity index (χ4v) is 4.65. The van der Waals surface area contributed by atoms with Crippen molar-refractivity contribution in [1.29, 1.82) is 0 Å². The SMILES string of the molecule is CC#Cc1cc(C)c(C2C(=O)CC(CC3CCOCC3)CC2=O)c(C)c1. The number of rotatable bonds is 3. The number of hydrogen-bond acceptors (Lipinski definition) is 3. The van der Waals surface area contributed by atoms with Crippen LogP contribution in [0.4, 0.5) is 0 Å². The van der Waals surface area contributed by atoms with E-state index in [1.807, 2.05) is 32.9 Å². The Balaban J connectivity index is 1.77. The van der Waals surface area contributed by atoms with E-state index in [1.54, 1.807) is 0 Å². The summed E-state index contributed by atoms with van der Waals surface area (Å²) < 4.78 is 5.42. The van der Waals surface area contributed by atoms with Crippen LogP contribution < -0.4 is 0 Å². The van der Waals surface area contributed by atoms with Crippen LogP contribution in [0.5, 0.6) is 0 Å². The first kappa shape index (κ1) is 18.9. The van der Waals surface area contributed by atoms with Crippen LogP contribution in [0, 0.1) is 37.5 Å². The maximum atomic E-state index is 12.9. The van der Waals surface area contributed by atoms with Gasteiger partial charge in [0.25, 0.3) is 0 Å². The fraction of sp³-hybridized carbons (Fsp3) is 0.565. The molecule has 0 aromatic heterocycles. The summed E-state index contributed by atoms with van der Waals surface area (Å²) >= 11 is 0. The van der Waals surface area contributed by atoms with E-state index in [-0.39, 0.29) is 17.5 Å². The van der Waals surface area contributed by atoms with E-state index in [9.17, 15) is 9.59 Å². The molecule has 3 heteroatoms. The van der Waals surface area contributed by atoms with E-state index in [4.69, 9.17) is 4.74 Å². The van der Waals surface area contributed by atoms with Crippen molar-refractivity contribution in [1.82, 2.24) is 0 Å². The van der Waals surface area contributed by atoms with Gasteiger partial charge >= 0.3 is 0 Å². The van der Waals surface area contributed by atoms with Crippen LogP contribution in [0.3, 0.4) is 0 Å². The molecule has 0 N–H and O–H groups in total. The van der Waals surface area contributed by atoms with Crippen LogP contribution in [0.25, 0.3) is 0 Å². The number of carbonyl (C=O) groups is 2. The van der Waals surface area contributed by atoms with Gasteiger partial charge in [0.2, 0.25) is 0 Å². The molecule has 0 spiro atoms. The zero-order valence-corrected chi connectivity index (χ0v) is 16.1. The molecule has 0 amide bonds. The molecular weight excluding hydrogens is 324 g/mol. The highest BCUT2D eigenvalue weighted by atomic mass is 16.5. The van der Waals surface area contributed by atoms with E-state index in [0.29, 0.717) is 18.8 Å². The second kappa shape index (κ2) is 8.18. The number of carbonyl (C=O) groups excluding carboxylic acids is 2. The van der Waals surface area contributed by atoms with Crippen LogP contribution in [0.2, 0.25) is 0 Å². The summed E-state index contributed by atoms with van der Waals surface area (Å²) in [6.07, 6.45) is 4.16. The minimum atomic E-state index is -0.579. The third-order valence-electron chi connectivity index (χ3n) is 5.78. The minimum Gasteiger partial charge on any atom is -0.381 e. The molecule has 0 radical (unpaired) electrons. The van der Waals surface area contributed by atoms with Crippen molar-refractivity contribution in [2.45, 2.75) is 58.8 Å². The Hall–Kier alpha value is -1.92. The smallest absolute Gasteiger partial charge is 0.148 e. The first-order chi connectivity index (χ1) is 12.5. The van der Waals surface area contributed by atoms with Crippen molar-refractivity contribution in [3.8, 4) is 11.8 Å². The van der Waals surface area contributed by atoms with Crippen LogP contribution in [-0.4, -0.2) is 24.8 Å². The minimum absolute atomic E-state index is 0.0961. The Kier molecular flexibility index (Phi) is 5.94. The van der Waals surface area contributed by atoms with Gasteiger partial charge in [0.15, 0.2) is 0 Å². The summed E-state index contributed by atoms with van der Waals surface area (Å²) in [5.74, 6) is 6.39. The highest BCUT2D eigenvalue weighted by Gasteiger charge is 2.38. The van der Waals surface area contributed by atoms with Gasteiger partial charge in [-0.05, 0) is 80.7 Å². The Morgan fingerprint density at radius 1 is 1.00 bits per heavy atom. The summed E-state index contributed by atoms with van der Waals surface area (Å²) in [5, 5.41) is 0. The van der Waals surface area contributed by atoms with E-state index < -0.39 is 5.92 Å². The average molecular weight is 352 g/mol. The third kappa shape index (κ3) is 4.07. The van der Waals surface area contributed by atoms with Crippen molar-refractivity contribution in [2.24, 2.45) is 11.8 Å². The maximum Gasteiger partial charge on any atom is 0.148 e. The number of aryl methyl sites for hydroxylation is 2.